The maximum Gasteiger partial charge on any atom is 0.234 e. The molecule has 0 aliphatic carbocycles. The predicted molar refractivity (Wildman–Crippen MR) is 66.9 cm³/mol. The summed E-state index contributed by atoms with van der Waals surface area (Å²) in [4.78, 5) is 3.81. The Labute approximate surface area is 117 Å². The molecule has 3 rings (SSSR count). The molecule has 1 aromatic rings. The van der Waals surface area contributed by atoms with E-state index in [1.54, 1.807) is 0 Å². The van der Waals surface area contributed by atoms with E-state index in [-0.39, 0.29) is 5.69 Å². The summed E-state index contributed by atoms with van der Waals surface area (Å²) in [6, 6.07) is 0. The molecule has 1 unspecified atom stereocenters. The van der Waals surface area contributed by atoms with Crippen LogP contribution in [0.15, 0.2) is 4.99 Å². The molecule has 0 amide bonds. The van der Waals surface area contributed by atoms with Gasteiger partial charge in [-0.05, 0) is 0 Å². The third-order valence-electron chi connectivity index (χ3n) is 3.24. The van der Waals surface area contributed by atoms with Crippen LogP contribution in [0.1, 0.15) is 11.9 Å². The lowest BCUT2D eigenvalue weighted by Crippen LogP contribution is -2.35. The summed E-state index contributed by atoms with van der Waals surface area (Å²) in [5, 5.41) is 37.6. The van der Waals surface area contributed by atoms with Crippen LogP contribution >= 0.6 is 11.6 Å². The van der Waals surface area contributed by atoms with Crippen LogP contribution in [-0.4, -0.2) is 61.6 Å². The molecule has 0 aromatic carbocycles. The Balaban J connectivity index is 1.96. The Kier molecular flexibility index (Phi) is 3.16. The van der Waals surface area contributed by atoms with Gasteiger partial charge in [0.15, 0.2) is 17.7 Å². The number of hydrogen-bond acceptors (Lipinski definition) is 9. The lowest BCUT2D eigenvalue weighted by atomic mass is 10.1. The number of aliphatic hydroxyl groups is 3. The number of nitrogens with zero attached hydrogens (tertiary/aromatic N) is 4. The molecular formula is C9H13ClN6O4. The number of anilines is 1. The van der Waals surface area contributed by atoms with Gasteiger partial charge in [-0.15, -0.1) is 5.10 Å². The smallest absolute Gasteiger partial charge is 0.234 e. The number of rotatable bonds is 2. The Morgan fingerprint density at radius 1 is 1.50 bits per heavy atom. The van der Waals surface area contributed by atoms with Crippen molar-refractivity contribution in [1.29, 1.82) is 0 Å². The second-order valence-corrected chi connectivity index (χ2v) is 5.11. The van der Waals surface area contributed by atoms with Crippen LogP contribution in [0, 0.1) is 0 Å². The van der Waals surface area contributed by atoms with Crippen molar-refractivity contribution >= 4 is 23.8 Å². The molecule has 110 valence electrons. The van der Waals surface area contributed by atoms with E-state index < -0.39 is 36.3 Å². The number of aliphatic imine (C=N–C) groups is 1. The highest BCUT2D eigenvalue weighted by molar-refractivity contribution is 6.24. The molecule has 11 heteroatoms. The molecule has 0 spiro atoms. The monoisotopic (exact) mass is 304 g/mol. The van der Waals surface area contributed by atoms with Gasteiger partial charge in [-0.1, -0.05) is 16.8 Å². The minimum atomic E-state index is -1.56. The van der Waals surface area contributed by atoms with E-state index >= 15 is 0 Å². The van der Waals surface area contributed by atoms with Crippen LogP contribution in [-0.2, 0) is 9.86 Å². The van der Waals surface area contributed by atoms with Gasteiger partial charge in [0.05, 0.1) is 12.9 Å². The van der Waals surface area contributed by atoms with Gasteiger partial charge in [0.1, 0.15) is 18.3 Å². The molecule has 1 aromatic heterocycles. The van der Waals surface area contributed by atoms with Crippen molar-refractivity contribution in [2.75, 3.05) is 11.9 Å². The number of hydrogen-bond donors (Lipinski definition) is 5. The zero-order chi connectivity index (χ0) is 14.5. The maximum atomic E-state index is 9.96. The summed E-state index contributed by atoms with van der Waals surface area (Å²) in [5.41, 5.74) is 5.90. The molecule has 1 fully saturated rings. The summed E-state index contributed by atoms with van der Waals surface area (Å²) in [6.07, 6.45) is -3.17. The van der Waals surface area contributed by atoms with Gasteiger partial charge in [0.2, 0.25) is 5.12 Å². The van der Waals surface area contributed by atoms with Crippen molar-refractivity contribution in [2.24, 2.45) is 10.7 Å². The van der Waals surface area contributed by atoms with Crippen LogP contribution in [0.4, 0.5) is 5.82 Å². The highest BCUT2D eigenvalue weighted by atomic mass is 35.5. The Bertz CT molecular complexity index is 549. The van der Waals surface area contributed by atoms with Gasteiger partial charge in [-0.3, -0.25) is 5.73 Å². The third kappa shape index (κ3) is 1.89. The van der Waals surface area contributed by atoms with E-state index in [0.717, 1.165) is 0 Å². The summed E-state index contributed by atoms with van der Waals surface area (Å²) in [7, 11) is 0. The minimum absolute atomic E-state index is 0.166. The fourth-order valence-electron chi connectivity index (χ4n) is 2.17. The van der Waals surface area contributed by atoms with Crippen LogP contribution in [0.5, 0.6) is 0 Å². The van der Waals surface area contributed by atoms with Crippen LogP contribution in [0.25, 0.3) is 0 Å². The summed E-state index contributed by atoms with van der Waals surface area (Å²) in [5.74, 6) is 0.298. The SMILES string of the molecule is NC1(Cl)N=CNc2c1nnn2[C@@H]1O[C@H](CO)[C@@H](O)[C@H]1O. The van der Waals surface area contributed by atoms with Crippen molar-refractivity contribution in [2.45, 2.75) is 29.7 Å². The van der Waals surface area contributed by atoms with E-state index in [1.165, 1.54) is 11.0 Å². The molecule has 0 saturated carbocycles. The van der Waals surface area contributed by atoms with Gasteiger partial charge >= 0.3 is 0 Å². The van der Waals surface area contributed by atoms with Gasteiger partial charge < -0.3 is 25.4 Å². The fourth-order valence-corrected chi connectivity index (χ4v) is 2.35. The average molecular weight is 305 g/mol. The molecule has 10 nitrogen and oxygen atoms in total. The molecule has 5 atom stereocenters. The molecule has 2 aliphatic rings. The van der Waals surface area contributed by atoms with Gasteiger partial charge in [0.25, 0.3) is 0 Å². The van der Waals surface area contributed by atoms with Gasteiger partial charge in [-0.2, -0.15) is 4.68 Å². The first-order valence-electron chi connectivity index (χ1n) is 5.82. The molecular weight excluding hydrogens is 292 g/mol. The summed E-state index contributed by atoms with van der Waals surface area (Å²) >= 11 is 5.97. The van der Waals surface area contributed by atoms with Crippen molar-refractivity contribution in [3.63, 3.8) is 0 Å². The number of nitrogens with one attached hydrogen (secondary N) is 1. The Morgan fingerprint density at radius 3 is 2.90 bits per heavy atom. The highest BCUT2D eigenvalue weighted by Crippen LogP contribution is 2.36. The van der Waals surface area contributed by atoms with E-state index in [4.69, 9.17) is 27.2 Å². The summed E-state index contributed by atoms with van der Waals surface area (Å²) in [6.45, 7) is -0.434. The second kappa shape index (κ2) is 4.62. The van der Waals surface area contributed by atoms with Crippen molar-refractivity contribution in [3.8, 4) is 0 Å². The number of aliphatic hydroxyl groups excluding tert-OH is 3. The normalized spacial score (nSPS) is 39.6. The Morgan fingerprint density at radius 2 is 2.25 bits per heavy atom. The zero-order valence-corrected chi connectivity index (χ0v) is 10.8. The fraction of sp³-hybridized carbons (Fsp3) is 0.667. The summed E-state index contributed by atoms with van der Waals surface area (Å²) < 4.78 is 6.56. The minimum Gasteiger partial charge on any atom is -0.394 e. The largest absolute Gasteiger partial charge is 0.394 e. The molecule has 3 heterocycles. The number of nitrogens with two attached hydrogens (primary N) is 1. The number of aromatic nitrogens is 3. The number of alkyl halides is 1. The van der Waals surface area contributed by atoms with E-state index in [1.807, 2.05) is 0 Å². The van der Waals surface area contributed by atoms with Crippen LogP contribution in [0.3, 0.4) is 0 Å². The van der Waals surface area contributed by atoms with Crippen molar-refractivity contribution in [1.82, 2.24) is 15.0 Å². The second-order valence-electron chi connectivity index (χ2n) is 4.54. The molecule has 20 heavy (non-hydrogen) atoms. The molecule has 6 N–H and O–H groups in total. The first-order valence-corrected chi connectivity index (χ1v) is 6.19. The van der Waals surface area contributed by atoms with E-state index in [2.05, 4.69) is 20.6 Å². The van der Waals surface area contributed by atoms with Gasteiger partial charge in [-0.25, -0.2) is 4.99 Å². The van der Waals surface area contributed by atoms with Crippen molar-refractivity contribution < 1.29 is 20.1 Å². The van der Waals surface area contributed by atoms with Crippen molar-refractivity contribution in [3.05, 3.63) is 5.69 Å². The number of halogens is 1. The maximum absolute atomic E-state index is 9.96. The molecule has 0 radical (unpaired) electrons. The quantitative estimate of drug-likeness (QED) is 0.301. The first-order chi connectivity index (χ1) is 9.45. The Hall–Kier alpha value is -1.30. The van der Waals surface area contributed by atoms with E-state index in [9.17, 15) is 10.2 Å². The lowest BCUT2D eigenvalue weighted by Gasteiger charge is -2.22. The lowest BCUT2D eigenvalue weighted by molar-refractivity contribution is -0.0582. The molecule has 0 bridgehead atoms. The molecule has 1 saturated heterocycles. The number of fused-ring (bicyclic) bond motifs is 1. The van der Waals surface area contributed by atoms with Gasteiger partial charge in [0, 0.05) is 0 Å². The molecule has 2 aliphatic heterocycles. The highest BCUT2D eigenvalue weighted by Gasteiger charge is 2.46. The third-order valence-corrected chi connectivity index (χ3v) is 3.52. The predicted octanol–water partition coefficient (Wildman–Crippen LogP) is -2.35. The average Bonchev–Trinajstić information content (AvgIpc) is 2.94. The van der Waals surface area contributed by atoms with Crippen LogP contribution in [0.2, 0.25) is 0 Å². The van der Waals surface area contributed by atoms with Crippen LogP contribution < -0.4 is 11.1 Å². The number of ether oxygens (including phenoxy) is 1. The zero-order valence-electron chi connectivity index (χ0n) is 10.1. The first kappa shape index (κ1) is 13.7. The standard InChI is InChI=1S/C9H13ClN6O4/c10-9(11)6-7(12-2-13-9)16(15-14-6)8-5(19)4(18)3(1-17)20-8/h2-5,8,17-19H,1,11H2,(H,12,13)/t3-,4-,5-,8-,9?/m1/s1. The van der Waals surface area contributed by atoms with E-state index in [0.29, 0.717) is 5.82 Å². The topological polar surface area (TPSA) is 151 Å².